The Bertz CT molecular complexity index is 623. The third-order valence-electron chi connectivity index (χ3n) is 4.18. The first-order chi connectivity index (χ1) is 11.2. The molecule has 0 aliphatic carbocycles. The van der Waals surface area contributed by atoms with Gasteiger partial charge in [0, 0.05) is 30.7 Å². The summed E-state index contributed by atoms with van der Waals surface area (Å²) in [5.41, 5.74) is 1.17. The zero-order chi connectivity index (χ0) is 16.1. The van der Waals surface area contributed by atoms with E-state index in [9.17, 15) is 0 Å². The summed E-state index contributed by atoms with van der Waals surface area (Å²) in [5, 5.41) is 4.32. The number of aryl methyl sites for hydroxylation is 1. The van der Waals surface area contributed by atoms with E-state index in [1.54, 1.807) is 0 Å². The van der Waals surface area contributed by atoms with Crippen LogP contribution in [0.15, 0.2) is 40.8 Å². The van der Waals surface area contributed by atoms with E-state index in [4.69, 9.17) is 20.8 Å². The van der Waals surface area contributed by atoms with Crippen LogP contribution in [0.5, 0.6) is 0 Å². The minimum absolute atomic E-state index is 0.239. The molecule has 1 aliphatic rings. The zero-order valence-corrected chi connectivity index (χ0v) is 14.2. The lowest BCUT2D eigenvalue weighted by Crippen LogP contribution is -2.42. The number of nitrogens with one attached hydrogen (secondary N) is 1. The summed E-state index contributed by atoms with van der Waals surface area (Å²) < 4.78 is 11.1. The molecule has 1 aromatic heterocycles. The van der Waals surface area contributed by atoms with E-state index in [2.05, 4.69) is 16.3 Å². The van der Waals surface area contributed by atoms with Crippen LogP contribution < -0.4 is 5.32 Å². The van der Waals surface area contributed by atoms with Crippen LogP contribution in [0.3, 0.4) is 0 Å². The topological polar surface area (TPSA) is 37.6 Å². The van der Waals surface area contributed by atoms with Crippen molar-refractivity contribution in [1.29, 1.82) is 0 Å². The molecule has 124 valence electrons. The fourth-order valence-corrected chi connectivity index (χ4v) is 3.24. The van der Waals surface area contributed by atoms with Gasteiger partial charge in [-0.3, -0.25) is 4.90 Å². The molecule has 1 aromatic carbocycles. The van der Waals surface area contributed by atoms with Crippen LogP contribution in [-0.2, 0) is 11.3 Å². The molecule has 1 unspecified atom stereocenters. The molecule has 2 aromatic rings. The first-order valence-electron chi connectivity index (χ1n) is 8.06. The second-order valence-electron chi connectivity index (χ2n) is 5.83. The number of morpholine rings is 1. The van der Waals surface area contributed by atoms with Gasteiger partial charge in [0.2, 0.25) is 0 Å². The molecule has 1 N–H and O–H groups in total. The van der Waals surface area contributed by atoms with Crippen molar-refractivity contribution in [2.75, 3.05) is 32.8 Å². The second kappa shape index (κ2) is 7.97. The van der Waals surface area contributed by atoms with Gasteiger partial charge in [-0.2, -0.15) is 0 Å². The number of ether oxygens (including phenoxy) is 1. The van der Waals surface area contributed by atoms with Crippen molar-refractivity contribution < 1.29 is 9.15 Å². The van der Waals surface area contributed by atoms with Crippen LogP contribution in [-0.4, -0.2) is 37.7 Å². The standard InChI is InChI=1S/C18H23ClN2O2/c1-14-6-7-15(23-14)12-20-13-18(21-8-10-22-11-9-21)16-4-2-3-5-17(16)19/h2-7,18,20H,8-13H2,1H3. The third kappa shape index (κ3) is 4.36. The predicted molar refractivity (Wildman–Crippen MR) is 91.7 cm³/mol. The highest BCUT2D eigenvalue weighted by atomic mass is 35.5. The minimum Gasteiger partial charge on any atom is -0.465 e. The van der Waals surface area contributed by atoms with Crippen molar-refractivity contribution in [1.82, 2.24) is 10.2 Å². The van der Waals surface area contributed by atoms with Crippen molar-refractivity contribution in [3.8, 4) is 0 Å². The highest BCUT2D eigenvalue weighted by Crippen LogP contribution is 2.27. The molecule has 1 fully saturated rings. The third-order valence-corrected chi connectivity index (χ3v) is 4.53. The summed E-state index contributed by atoms with van der Waals surface area (Å²) in [7, 11) is 0. The first-order valence-corrected chi connectivity index (χ1v) is 8.44. The zero-order valence-electron chi connectivity index (χ0n) is 13.4. The lowest BCUT2D eigenvalue weighted by Gasteiger charge is -2.35. The number of halogens is 1. The molecular formula is C18H23ClN2O2. The van der Waals surface area contributed by atoms with Crippen LogP contribution >= 0.6 is 11.6 Å². The van der Waals surface area contributed by atoms with Crippen molar-refractivity contribution in [3.05, 3.63) is 58.5 Å². The van der Waals surface area contributed by atoms with Crippen LogP contribution in [0.25, 0.3) is 0 Å². The smallest absolute Gasteiger partial charge is 0.117 e. The van der Waals surface area contributed by atoms with Gasteiger partial charge in [0.05, 0.1) is 19.8 Å². The Morgan fingerprint density at radius 3 is 2.65 bits per heavy atom. The molecule has 1 aliphatic heterocycles. The normalized spacial score (nSPS) is 17.3. The second-order valence-corrected chi connectivity index (χ2v) is 6.24. The Morgan fingerprint density at radius 2 is 1.96 bits per heavy atom. The molecular weight excluding hydrogens is 312 g/mol. The lowest BCUT2D eigenvalue weighted by atomic mass is 10.0. The maximum Gasteiger partial charge on any atom is 0.117 e. The quantitative estimate of drug-likeness (QED) is 0.878. The van der Waals surface area contributed by atoms with Crippen LogP contribution in [0.1, 0.15) is 23.1 Å². The Balaban J connectivity index is 1.68. The average Bonchev–Trinajstić information content (AvgIpc) is 2.99. The van der Waals surface area contributed by atoms with Crippen molar-refractivity contribution in [2.45, 2.75) is 19.5 Å². The van der Waals surface area contributed by atoms with E-state index in [-0.39, 0.29) is 6.04 Å². The van der Waals surface area contributed by atoms with Gasteiger partial charge in [0.1, 0.15) is 11.5 Å². The van der Waals surface area contributed by atoms with Gasteiger partial charge >= 0.3 is 0 Å². The maximum absolute atomic E-state index is 6.43. The van der Waals surface area contributed by atoms with Crippen molar-refractivity contribution in [3.63, 3.8) is 0 Å². The Hall–Kier alpha value is -1.33. The van der Waals surface area contributed by atoms with Gasteiger partial charge in [-0.05, 0) is 30.7 Å². The number of hydrogen-bond acceptors (Lipinski definition) is 4. The molecule has 5 heteroatoms. The molecule has 2 heterocycles. The number of nitrogens with zero attached hydrogens (tertiary/aromatic N) is 1. The van der Waals surface area contributed by atoms with Gasteiger partial charge in [0.15, 0.2) is 0 Å². The summed E-state index contributed by atoms with van der Waals surface area (Å²) in [6.45, 7) is 6.91. The molecule has 3 rings (SSSR count). The fraction of sp³-hybridized carbons (Fsp3) is 0.444. The fourth-order valence-electron chi connectivity index (χ4n) is 2.98. The Morgan fingerprint density at radius 1 is 1.17 bits per heavy atom. The summed E-state index contributed by atoms with van der Waals surface area (Å²) in [6.07, 6.45) is 0. The van der Waals surface area contributed by atoms with E-state index >= 15 is 0 Å². The van der Waals surface area contributed by atoms with Crippen molar-refractivity contribution >= 4 is 11.6 Å². The highest BCUT2D eigenvalue weighted by molar-refractivity contribution is 6.31. The maximum atomic E-state index is 6.43. The van der Waals surface area contributed by atoms with E-state index in [1.165, 1.54) is 5.56 Å². The molecule has 23 heavy (non-hydrogen) atoms. The monoisotopic (exact) mass is 334 g/mol. The lowest BCUT2D eigenvalue weighted by molar-refractivity contribution is 0.0160. The molecule has 1 saturated heterocycles. The van der Waals surface area contributed by atoms with Crippen LogP contribution in [0, 0.1) is 6.92 Å². The molecule has 0 saturated carbocycles. The van der Waals surface area contributed by atoms with E-state index in [1.807, 2.05) is 37.3 Å². The predicted octanol–water partition coefficient (Wildman–Crippen LogP) is 3.40. The van der Waals surface area contributed by atoms with Gasteiger partial charge in [0.25, 0.3) is 0 Å². The Kier molecular flexibility index (Phi) is 5.73. The number of benzene rings is 1. The molecule has 0 spiro atoms. The van der Waals surface area contributed by atoms with E-state index in [0.717, 1.165) is 55.9 Å². The summed E-state index contributed by atoms with van der Waals surface area (Å²) >= 11 is 6.43. The number of hydrogen-bond donors (Lipinski definition) is 1. The van der Waals surface area contributed by atoms with Crippen LogP contribution in [0.4, 0.5) is 0 Å². The summed E-state index contributed by atoms with van der Waals surface area (Å²) in [4.78, 5) is 2.44. The van der Waals surface area contributed by atoms with Gasteiger partial charge in [-0.1, -0.05) is 29.8 Å². The van der Waals surface area contributed by atoms with Crippen LogP contribution in [0.2, 0.25) is 5.02 Å². The Labute approximate surface area is 142 Å². The molecule has 0 bridgehead atoms. The van der Waals surface area contributed by atoms with E-state index in [0.29, 0.717) is 0 Å². The average molecular weight is 335 g/mol. The molecule has 0 amide bonds. The van der Waals surface area contributed by atoms with E-state index < -0.39 is 0 Å². The first kappa shape index (κ1) is 16.5. The number of rotatable bonds is 6. The molecule has 4 nitrogen and oxygen atoms in total. The summed E-state index contributed by atoms with van der Waals surface area (Å²) in [6, 6.07) is 12.3. The van der Waals surface area contributed by atoms with Gasteiger partial charge < -0.3 is 14.5 Å². The SMILES string of the molecule is Cc1ccc(CNCC(c2ccccc2Cl)N2CCOCC2)o1. The molecule has 1 atom stereocenters. The van der Waals surface area contributed by atoms with Crippen molar-refractivity contribution in [2.24, 2.45) is 0 Å². The summed E-state index contributed by atoms with van der Waals surface area (Å²) in [5.74, 6) is 1.90. The largest absolute Gasteiger partial charge is 0.465 e. The highest BCUT2D eigenvalue weighted by Gasteiger charge is 2.24. The van der Waals surface area contributed by atoms with Gasteiger partial charge in [-0.15, -0.1) is 0 Å². The number of furan rings is 1. The molecule has 0 radical (unpaired) electrons. The minimum atomic E-state index is 0.239. The van der Waals surface area contributed by atoms with Gasteiger partial charge in [-0.25, -0.2) is 0 Å².